The van der Waals surface area contributed by atoms with Crippen LogP contribution in [0.3, 0.4) is 0 Å². The first-order valence-electron chi connectivity index (χ1n) is 4.38. The lowest BCUT2D eigenvalue weighted by Gasteiger charge is -2.21. The Kier molecular flexibility index (Phi) is 9.59. The zero-order valence-corrected chi connectivity index (χ0v) is 7.92. The summed E-state index contributed by atoms with van der Waals surface area (Å²) in [6, 6.07) is 0. The molecule has 0 atom stereocenters. The second-order valence-corrected chi connectivity index (χ2v) is 2.70. The fourth-order valence-electron chi connectivity index (χ4n) is 1.00. The number of nitrogens with two attached hydrogens (primary N) is 3. The lowest BCUT2D eigenvalue weighted by Crippen LogP contribution is -2.43. The Hall–Kier alpha value is -0.280. The molecule has 0 aromatic rings. The van der Waals surface area contributed by atoms with Gasteiger partial charge >= 0.3 is 0 Å². The van der Waals surface area contributed by atoms with Crippen LogP contribution in [0.2, 0.25) is 0 Å². The molecule has 0 aliphatic rings. The van der Waals surface area contributed by atoms with Gasteiger partial charge in [-0.15, -0.1) is 0 Å². The molecule has 0 unspecified atom stereocenters. The molecule has 0 fully saturated rings. The lowest BCUT2D eigenvalue weighted by molar-refractivity contribution is 0.273. The number of rotatable bonds is 9. The Morgan fingerprint density at radius 1 is 0.692 bits per heavy atom. The van der Waals surface area contributed by atoms with Gasteiger partial charge in [-0.05, 0) is 0 Å². The van der Waals surface area contributed by atoms with E-state index in [0.29, 0.717) is 0 Å². The zero-order valence-electron chi connectivity index (χ0n) is 7.92. The van der Waals surface area contributed by atoms with E-state index in [2.05, 4.69) is 21.2 Å². The van der Waals surface area contributed by atoms with E-state index < -0.39 is 0 Å². The van der Waals surface area contributed by atoms with Crippen molar-refractivity contribution in [2.75, 3.05) is 39.3 Å². The predicted octanol–water partition coefficient (Wildman–Crippen LogP) is -3.32. The van der Waals surface area contributed by atoms with E-state index in [9.17, 15) is 0 Å². The van der Waals surface area contributed by atoms with Gasteiger partial charge in [0.15, 0.2) is 0 Å². The second kappa shape index (κ2) is 9.81. The number of nitrogens with zero attached hydrogens (tertiary/aromatic N) is 1. The molecule has 0 heterocycles. The third kappa shape index (κ3) is 8.06. The van der Waals surface area contributed by atoms with Gasteiger partial charge in [0.1, 0.15) is 0 Å². The minimum absolute atomic E-state index is 0.759. The first-order valence-corrected chi connectivity index (χ1v) is 4.38. The van der Waals surface area contributed by atoms with Gasteiger partial charge in [0.05, 0.1) is 0 Å². The average Bonchev–Trinajstić information content (AvgIpc) is 2.17. The van der Waals surface area contributed by atoms with Crippen LogP contribution in [0.15, 0.2) is 0 Å². The van der Waals surface area contributed by atoms with E-state index in [4.69, 9.17) is 17.5 Å². The molecule has 0 rings (SSSR count). The van der Waals surface area contributed by atoms with Crippen molar-refractivity contribution >= 4 is 0 Å². The summed E-state index contributed by atoms with van der Waals surface area (Å²) in [5.41, 5.74) is 7.82. The zero-order chi connectivity index (χ0) is 9.94. The quantitative estimate of drug-likeness (QED) is 0.167. The van der Waals surface area contributed by atoms with E-state index >= 15 is 0 Å². The SMILES string of the molecule is NNCCN(CCNN)CCNN. The van der Waals surface area contributed by atoms with Crippen molar-refractivity contribution in [1.82, 2.24) is 21.2 Å². The maximum Gasteiger partial charge on any atom is 0.0225 e. The van der Waals surface area contributed by atoms with Crippen LogP contribution in [0.5, 0.6) is 0 Å². The topological polar surface area (TPSA) is 117 Å². The van der Waals surface area contributed by atoms with Gasteiger partial charge in [0.2, 0.25) is 0 Å². The van der Waals surface area contributed by atoms with Gasteiger partial charge in [-0.2, -0.15) is 0 Å². The third-order valence-corrected chi connectivity index (χ3v) is 1.72. The Bertz CT molecular complexity index is 80.0. The Labute approximate surface area is 78.9 Å². The number of hydrogen-bond acceptors (Lipinski definition) is 7. The van der Waals surface area contributed by atoms with E-state index in [0.717, 1.165) is 39.3 Å². The fraction of sp³-hybridized carbons (Fsp3) is 1.00. The normalized spacial score (nSPS) is 11.1. The first kappa shape index (κ1) is 12.7. The molecular formula is C6H21N7. The minimum atomic E-state index is 0.759. The summed E-state index contributed by atoms with van der Waals surface area (Å²) in [6.07, 6.45) is 0. The summed E-state index contributed by atoms with van der Waals surface area (Å²) >= 11 is 0. The van der Waals surface area contributed by atoms with Crippen molar-refractivity contribution in [3.05, 3.63) is 0 Å². The molecule has 0 aliphatic carbocycles. The highest BCUT2D eigenvalue weighted by Crippen LogP contribution is 1.83. The van der Waals surface area contributed by atoms with Crippen molar-refractivity contribution in [3.8, 4) is 0 Å². The van der Waals surface area contributed by atoms with Crippen molar-refractivity contribution in [2.45, 2.75) is 0 Å². The number of nitrogens with one attached hydrogen (secondary N) is 3. The smallest absolute Gasteiger partial charge is 0.0225 e. The minimum Gasteiger partial charge on any atom is -0.299 e. The van der Waals surface area contributed by atoms with Crippen molar-refractivity contribution < 1.29 is 0 Å². The summed E-state index contributed by atoms with van der Waals surface area (Å²) in [5, 5.41) is 0. The molecule has 0 amide bonds. The number of hydrazine groups is 3. The molecule has 0 bridgehead atoms. The molecule has 7 nitrogen and oxygen atoms in total. The van der Waals surface area contributed by atoms with Gasteiger partial charge in [-0.25, -0.2) is 0 Å². The van der Waals surface area contributed by atoms with Gasteiger partial charge in [0, 0.05) is 39.3 Å². The van der Waals surface area contributed by atoms with E-state index in [-0.39, 0.29) is 0 Å². The fourth-order valence-corrected chi connectivity index (χ4v) is 1.00. The van der Waals surface area contributed by atoms with Gasteiger partial charge < -0.3 is 0 Å². The molecule has 9 N–H and O–H groups in total. The maximum absolute atomic E-state index is 5.18. The van der Waals surface area contributed by atoms with Gasteiger partial charge in [-0.1, -0.05) is 0 Å². The van der Waals surface area contributed by atoms with Crippen molar-refractivity contribution in [1.29, 1.82) is 0 Å². The highest BCUT2D eigenvalue weighted by Gasteiger charge is 2.01. The molecule has 0 aromatic heterocycles. The molecular weight excluding hydrogens is 170 g/mol. The Morgan fingerprint density at radius 3 is 1.23 bits per heavy atom. The van der Waals surface area contributed by atoms with Crippen LogP contribution in [0.1, 0.15) is 0 Å². The van der Waals surface area contributed by atoms with Crippen LogP contribution in [0.4, 0.5) is 0 Å². The van der Waals surface area contributed by atoms with E-state index in [1.807, 2.05) is 0 Å². The monoisotopic (exact) mass is 191 g/mol. The molecule has 0 aliphatic heterocycles. The Balaban J connectivity index is 3.47. The molecule has 0 radical (unpaired) electrons. The van der Waals surface area contributed by atoms with Crippen LogP contribution in [-0.2, 0) is 0 Å². The second-order valence-electron chi connectivity index (χ2n) is 2.70. The molecule has 13 heavy (non-hydrogen) atoms. The Morgan fingerprint density at radius 2 is 1.00 bits per heavy atom. The highest BCUT2D eigenvalue weighted by molar-refractivity contribution is 4.60. The van der Waals surface area contributed by atoms with Crippen LogP contribution in [-0.4, -0.2) is 44.2 Å². The van der Waals surface area contributed by atoms with Crippen LogP contribution in [0, 0.1) is 0 Å². The molecule has 0 aromatic carbocycles. The van der Waals surface area contributed by atoms with Gasteiger partial charge in [0.25, 0.3) is 0 Å². The highest BCUT2D eigenvalue weighted by atomic mass is 15.3. The molecule has 0 spiro atoms. The predicted molar refractivity (Wildman–Crippen MR) is 53.0 cm³/mol. The lowest BCUT2D eigenvalue weighted by atomic mass is 10.4. The summed E-state index contributed by atoms with van der Waals surface area (Å²) < 4.78 is 0. The molecule has 80 valence electrons. The van der Waals surface area contributed by atoms with Crippen LogP contribution >= 0.6 is 0 Å². The first-order chi connectivity index (χ1) is 6.35. The van der Waals surface area contributed by atoms with Crippen LogP contribution < -0.4 is 33.8 Å². The summed E-state index contributed by atoms with van der Waals surface area (Å²) in [5.74, 6) is 15.5. The molecule has 0 saturated heterocycles. The van der Waals surface area contributed by atoms with E-state index in [1.54, 1.807) is 0 Å². The summed E-state index contributed by atoms with van der Waals surface area (Å²) in [7, 11) is 0. The largest absolute Gasteiger partial charge is 0.299 e. The maximum atomic E-state index is 5.18. The van der Waals surface area contributed by atoms with Crippen LogP contribution in [0.25, 0.3) is 0 Å². The van der Waals surface area contributed by atoms with Gasteiger partial charge in [-0.3, -0.25) is 38.7 Å². The molecule has 7 heteroatoms. The summed E-state index contributed by atoms with van der Waals surface area (Å²) in [4.78, 5) is 2.21. The van der Waals surface area contributed by atoms with Crippen molar-refractivity contribution in [3.63, 3.8) is 0 Å². The average molecular weight is 191 g/mol. The third-order valence-electron chi connectivity index (χ3n) is 1.72. The van der Waals surface area contributed by atoms with E-state index in [1.165, 1.54) is 0 Å². The standard InChI is InChI=1S/C6H21N7/c7-10-1-4-13(5-2-11-8)6-3-12-9/h10-12H,1-9H2. The summed E-state index contributed by atoms with van der Waals surface area (Å²) in [6.45, 7) is 4.94. The molecule has 0 saturated carbocycles. The van der Waals surface area contributed by atoms with Crippen molar-refractivity contribution in [2.24, 2.45) is 17.5 Å². The number of hydrogen-bond donors (Lipinski definition) is 6.